The molecule has 2 saturated carbocycles. The zero-order valence-electron chi connectivity index (χ0n) is 32.2. The Morgan fingerprint density at radius 1 is 0.630 bits per heavy atom. The van der Waals surface area contributed by atoms with Crippen molar-refractivity contribution >= 4 is 21.8 Å². The highest BCUT2D eigenvalue weighted by Gasteiger charge is 2.33. The first-order valence-corrected chi connectivity index (χ1v) is 20.6. The zero-order valence-corrected chi connectivity index (χ0v) is 32.2. The van der Waals surface area contributed by atoms with Crippen molar-refractivity contribution in [2.24, 2.45) is 0 Å². The van der Waals surface area contributed by atoms with Crippen LogP contribution in [0.1, 0.15) is 118 Å². The maximum atomic E-state index is 6.78. The maximum absolute atomic E-state index is 6.78. The molecule has 3 aromatic heterocycles. The van der Waals surface area contributed by atoms with Gasteiger partial charge in [-0.15, -0.1) is 0 Å². The minimum atomic E-state index is 0.484. The van der Waals surface area contributed by atoms with Crippen molar-refractivity contribution in [1.82, 2.24) is 19.3 Å². The molecule has 0 bridgehead atoms. The molecule has 2 aliphatic rings. The van der Waals surface area contributed by atoms with Gasteiger partial charge in [0.25, 0.3) is 0 Å². The van der Waals surface area contributed by atoms with Crippen LogP contribution in [0.5, 0.6) is 11.5 Å². The Hall–Kier alpha value is -5.16. The molecule has 2 fully saturated rings. The van der Waals surface area contributed by atoms with Gasteiger partial charge in [0.1, 0.15) is 17.3 Å². The molecule has 5 nitrogen and oxygen atoms in total. The molecule has 0 aliphatic heterocycles. The van der Waals surface area contributed by atoms with Crippen LogP contribution in [0.4, 0.5) is 0 Å². The number of rotatable bonds is 9. The number of aromatic nitrogens is 4. The fourth-order valence-corrected chi connectivity index (χ4v) is 9.60. The Morgan fingerprint density at radius 2 is 1.31 bits per heavy atom. The normalized spacial score (nSPS) is 15.7. The molecule has 54 heavy (non-hydrogen) atoms. The van der Waals surface area contributed by atoms with Crippen LogP contribution < -0.4 is 4.74 Å². The molecular formula is C49H52N4O. The van der Waals surface area contributed by atoms with E-state index < -0.39 is 0 Å². The number of fused-ring (bicyclic) bond motifs is 3. The van der Waals surface area contributed by atoms with Crippen LogP contribution >= 0.6 is 0 Å². The van der Waals surface area contributed by atoms with Crippen LogP contribution in [0.2, 0.25) is 0 Å². The molecule has 2 aliphatic carbocycles. The average Bonchev–Trinajstić information content (AvgIpc) is 3.78. The summed E-state index contributed by atoms with van der Waals surface area (Å²) in [6, 6.07) is 34.9. The Kier molecular flexibility index (Phi) is 9.57. The summed E-state index contributed by atoms with van der Waals surface area (Å²) in [7, 11) is 0. The summed E-state index contributed by atoms with van der Waals surface area (Å²) >= 11 is 0. The van der Waals surface area contributed by atoms with E-state index in [1.54, 1.807) is 0 Å². The van der Waals surface area contributed by atoms with Crippen molar-refractivity contribution in [1.29, 1.82) is 0 Å². The van der Waals surface area contributed by atoms with Crippen molar-refractivity contribution in [3.63, 3.8) is 0 Å². The van der Waals surface area contributed by atoms with Gasteiger partial charge in [0.05, 0.1) is 28.1 Å². The number of ether oxygens (including phenoxy) is 1. The summed E-state index contributed by atoms with van der Waals surface area (Å²) in [5.41, 5.74) is 13.1. The summed E-state index contributed by atoms with van der Waals surface area (Å²) in [4.78, 5) is 4.79. The minimum absolute atomic E-state index is 0.484. The molecule has 0 amide bonds. The monoisotopic (exact) mass is 712 g/mol. The first-order chi connectivity index (χ1) is 26.6. The highest BCUT2D eigenvalue weighted by Crippen LogP contribution is 2.47. The van der Waals surface area contributed by atoms with Gasteiger partial charge in [0.2, 0.25) is 0 Å². The van der Waals surface area contributed by atoms with E-state index in [-0.39, 0.29) is 0 Å². The van der Waals surface area contributed by atoms with Gasteiger partial charge in [-0.05, 0) is 110 Å². The van der Waals surface area contributed by atoms with Gasteiger partial charge in [0.15, 0.2) is 0 Å². The Bertz CT molecular complexity index is 2420. The van der Waals surface area contributed by atoms with Crippen molar-refractivity contribution in [3.8, 4) is 34.1 Å². The Morgan fingerprint density at radius 3 is 2.06 bits per heavy atom. The number of aryl methyl sites for hydroxylation is 3. The first kappa shape index (κ1) is 34.6. The zero-order chi connectivity index (χ0) is 36.6. The molecule has 0 saturated heterocycles. The smallest absolute Gasteiger partial charge is 0.137 e. The van der Waals surface area contributed by atoms with Gasteiger partial charge in [-0.1, -0.05) is 94.8 Å². The SMILES string of the molecule is CCc1cccc(CC)c1-c1c(C2CCCCC2)nn(-c2cccc(Oc3ccc4c5ccccc5n(-c5cc(C)ccn5)c4c3)c2)c1C1CCCCC1. The van der Waals surface area contributed by atoms with Crippen LogP contribution in [0.25, 0.3) is 44.4 Å². The van der Waals surface area contributed by atoms with Gasteiger partial charge in [-0.25, -0.2) is 9.67 Å². The van der Waals surface area contributed by atoms with Crippen molar-refractivity contribution in [2.75, 3.05) is 0 Å². The highest BCUT2D eigenvalue weighted by atomic mass is 16.5. The third-order valence-electron chi connectivity index (χ3n) is 12.3. The summed E-state index contributed by atoms with van der Waals surface area (Å²) in [5.74, 6) is 3.51. The lowest BCUT2D eigenvalue weighted by Crippen LogP contribution is -2.12. The molecular weight excluding hydrogens is 661 g/mol. The molecule has 0 N–H and O–H groups in total. The summed E-state index contributed by atoms with van der Waals surface area (Å²) in [6.07, 6.45) is 16.6. The quantitative estimate of drug-likeness (QED) is 0.150. The second kappa shape index (κ2) is 14.9. The Labute approximate surface area is 320 Å². The first-order valence-electron chi connectivity index (χ1n) is 20.6. The van der Waals surface area contributed by atoms with Crippen molar-refractivity contribution in [2.45, 2.75) is 110 Å². The van der Waals surface area contributed by atoms with E-state index in [9.17, 15) is 0 Å². The van der Waals surface area contributed by atoms with Crippen LogP contribution in [-0.2, 0) is 12.8 Å². The predicted octanol–water partition coefficient (Wildman–Crippen LogP) is 13.4. The Balaban J connectivity index is 1.18. The van der Waals surface area contributed by atoms with E-state index >= 15 is 0 Å². The minimum Gasteiger partial charge on any atom is -0.457 e. The molecule has 0 radical (unpaired) electrons. The van der Waals surface area contributed by atoms with Crippen LogP contribution in [-0.4, -0.2) is 19.3 Å². The summed E-state index contributed by atoms with van der Waals surface area (Å²) in [5, 5.41) is 8.12. The largest absolute Gasteiger partial charge is 0.457 e. The van der Waals surface area contributed by atoms with E-state index in [1.807, 2.05) is 12.3 Å². The van der Waals surface area contributed by atoms with Crippen LogP contribution in [0.15, 0.2) is 103 Å². The second-order valence-electron chi connectivity index (χ2n) is 15.7. The fourth-order valence-electron chi connectivity index (χ4n) is 9.60. The third-order valence-corrected chi connectivity index (χ3v) is 12.3. The number of hydrogen-bond acceptors (Lipinski definition) is 3. The lowest BCUT2D eigenvalue weighted by molar-refractivity contribution is 0.428. The highest BCUT2D eigenvalue weighted by molar-refractivity contribution is 6.09. The van der Waals surface area contributed by atoms with Gasteiger partial charge in [-0.2, -0.15) is 5.10 Å². The second-order valence-corrected chi connectivity index (χ2v) is 15.7. The standard InChI is InChI=1S/C49H52N4O/c1-4-34-20-14-21-35(5-2)46(34)47-48(36-16-8-6-9-17-36)51-53(49(47)37-18-10-7-11-19-37)38-22-15-23-39(31-38)54-40-26-27-42-41-24-12-13-25-43(41)52(44(42)32-40)45-30-33(3)28-29-50-45/h12-15,20-32,36-37H,4-11,16-19H2,1-3H3. The molecule has 274 valence electrons. The molecule has 0 spiro atoms. The number of nitrogens with zero attached hydrogens (tertiary/aromatic N) is 4. The molecule has 9 rings (SSSR count). The number of pyridine rings is 1. The summed E-state index contributed by atoms with van der Waals surface area (Å²) < 4.78 is 11.4. The number of para-hydroxylation sites is 1. The van der Waals surface area contributed by atoms with Gasteiger partial charge in [-0.3, -0.25) is 4.57 Å². The van der Waals surface area contributed by atoms with E-state index in [2.05, 4.69) is 121 Å². The summed E-state index contributed by atoms with van der Waals surface area (Å²) in [6.45, 7) is 6.75. The van der Waals surface area contributed by atoms with E-state index in [0.717, 1.165) is 46.9 Å². The molecule has 0 atom stereocenters. The van der Waals surface area contributed by atoms with Crippen molar-refractivity contribution in [3.05, 3.63) is 131 Å². The van der Waals surface area contributed by atoms with E-state index in [1.165, 1.54) is 114 Å². The lowest BCUT2D eigenvalue weighted by Gasteiger charge is -2.27. The molecule has 7 aromatic rings. The lowest BCUT2D eigenvalue weighted by atomic mass is 9.78. The molecule has 3 heterocycles. The van der Waals surface area contributed by atoms with E-state index in [4.69, 9.17) is 14.8 Å². The van der Waals surface area contributed by atoms with Crippen LogP contribution in [0, 0.1) is 6.92 Å². The topological polar surface area (TPSA) is 44.9 Å². The predicted molar refractivity (Wildman–Crippen MR) is 223 cm³/mol. The van der Waals surface area contributed by atoms with Crippen LogP contribution in [0.3, 0.4) is 0 Å². The molecule has 4 aromatic carbocycles. The maximum Gasteiger partial charge on any atom is 0.137 e. The molecule has 5 heteroatoms. The van der Waals surface area contributed by atoms with Gasteiger partial charge in [0, 0.05) is 46.5 Å². The number of benzene rings is 4. The molecule has 0 unspecified atom stereocenters. The average molecular weight is 713 g/mol. The third kappa shape index (κ3) is 6.32. The van der Waals surface area contributed by atoms with E-state index in [0.29, 0.717) is 11.8 Å². The van der Waals surface area contributed by atoms with Gasteiger partial charge < -0.3 is 4.74 Å². The van der Waals surface area contributed by atoms with Crippen molar-refractivity contribution < 1.29 is 4.74 Å². The fraction of sp³-hybridized carbons (Fsp3) is 0.347. The van der Waals surface area contributed by atoms with Gasteiger partial charge >= 0.3 is 0 Å². The number of hydrogen-bond donors (Lipinski definition) is 0.